The molecule has 3 heteroatoms. The number of halogens is 2. The Balaban J connectivity index is 2.69. The fourth-order valence-electron chi connectivity index (χ4n) is 1.93. The highest BCUT2D eigenvalue weighted by atomic mass is 127. The van der Waals surface area contributed by atoms with E-state index in [2.05, 4.69) is 43.4 Å². The maximum Gasteiger partial charge on any atom is 0.0932 e. The quantitative estimate of drug-likeness (QED) is 0.492. The summed E-state index contributed by atoms with van der Waals surface area (Å²) in [6.45, 7) is 6.57. The zero-order valence-electron chi connectivity index (χ0n) is 10.6. The van der Waals surface area contributed by atoms with Gasteiger partial charge in [0.05, 0.1) is 12.2 Å². The maximum atomic E-state index is 6.20. The smallest absolute Gasteiger partial charge is 0.0932 e. The van der Waals surface area contributed by atoms with E-state index in [0.717, 1.165) is 21.4 Å². The predicted octanol–water partition coefficient (Wildman–Crippen LogP) is 5.27. The number of ether oxygens (including phenoxy) is 1. The minimum atomic E-state index is 0.0954. The summed E-state index contributed by atoms with van der Waals surface area (Å²) < 4.78 is 7.01. The lowest BCUT2D eigenvalue weighted by molar-refractivity contribution is 0.000928. The Morgan fingerprint density at radius 2 is 1.88 bits per heavy atom. The summed E-state index contributed by atoms with van der Waals surface area (Å²) in [5.41, 5.74) is 1.10. The third-order valence-corrected chi connectivity index (χ3v) is 3.74. The standard InChI is InChI=1S/C14H20ClIO/c1-10(2)8-11(3)17-14(9-16)12-6-4-5-7-13(12)15/h4-7,10-11,14H,8-9H2,1-3H3. The normalized spacial score (nSPS) is 14.9. The Morgan fingerprint density at radius 1 is 1.24 bits per heavy atom. The van der Waals surface area contributed by atoms with E-state index in [0.29, 0.717) is 5.92 Å². The Labute approximate surface area is 123 Å². The average Bonchev–Trinajstić information content (AvgIpc) is 2.26. The molecule has 17 heavy (non-hydrogen) atoms. The highest BCUT2D eigenvalue weighted by molar-refractivity contribution is 14.1. The van der Waals surface area contributed by atoms with Crippen molar-refractivity contribution in [1.29, 1.82) is 0 Å². The van der Waals surface area contributed by atoms with Gasteiger partial charge in [-0.2, -0.15) is 0 Å². The van der Waals surface area contributed by atoms with Crippen molar-refractivity contribution >= 4 is 34.2 Å². The van der Waals surface area contributed by atoms with Crippen molar-refractivity contribution in [2.24, 2.45) is 5.92 Å². The van der Waals surface area contributed by atoms with Gasteiger partial charge in [0.2, 0.25) is 0 Å². The molecule has 1 aromatic rings. The van der Waals surface area contributed by atoms with Crippen molar-refractivity contribution in [1.82, 2.24) is 0 Å². The molecule has 0 bridgehead atoms. The van der Waals surface area contributed by atoms with Crippen molar-refractivity contribution < 1.29 is 4.74 Å². The van der Waals surface area contributed by atoms with Gasteiger partial charge in [-0.1, -0.05) is 66.2 Å². The number of alkyl halides is 1. The van der Waals surface area contributed by atoms with Crippen molar-refractivity contribution in [2.75, 3.05) is 4.43 Å². The molecule has 0 saturated carbocycles. The molecule has 2 unspecified atom stereocenters. The fraction of sp³-hybridized carbons (Fsp3) is 0.571. The zero-order valence-corrected chi connectivity index (χ0v) is 13.5. The third kappa shape index (κ3) is 5.14. The first-order valence-electron chi connectivity index (χ1n) is 6.00. The largest absolute Gasteiger partial charge is 0.370 e. The Morgan fingerprint density at radius 3 is 2.41 bits per heavy atom. The van der Waals surface area contributed by atoms with Crippen LogP contribution in [-0.4, -0.2) is 10.5 Å². The third-order valence-electron chi connectivity index (χ3n) is 2.59. The zero-order chi connectivity index (χ0) is 12.8. The van der Waals surface area contributed by atoms with E-state index < -0.39 is 0 Å². The molecule has 0 N–H and O–H groups in total. The molecule has 0 spiro atoms. The van der Waals surface area contributed by atoms with Gasteiger partial charge in [0.15, 0.2) is 0 Å². The van der Waals surface area contributed by atoms with Gasteiger partial charge in [0, 0.05) is 15.0 Å². The summed E-state index contributed by atoms with van der Waals surface area (Å²) in [4.78, 5) is 0. The molecule has 0 aliphatic rings. The molecule has 0 amide bonds. The van der Waals surface area contributed by atoms with Crippen LogP contribution < -0.4 is 0 Å². The first kappa shape index (κ1) is 15.3. The first-order valence-corrected chi connectivity index (χ1v) is 7.90. The van der Waals surface area contributed by atoms with Gasteiger partial charge in [-0.25, -0.2) is 0 Å². The molecule has 1 nitrogen and oxygen atoms in total. The van der Waals surface area contributed by atoms with Crippen molar-refractivity contribution in [3.63, 3.8) is 0 Å². The molecular formula is C14H20ClIO. The lowest BCUT2D eigenvalue weighted by Gasteiger charge is -2.23. The molecule has 1 aromatic carbocycles. The van der Waals surface area contributed by atoms with E-state index >= 15 is 0 Å². The number of benzene rings is 1. The lowest BCUT2D eigenvalue weighted by atomic mass is 10.1. The molecule has 0 aliphatic carbocycles. The van der Waals surface area contributed by atoms with Gasteiger partial charge in [0.25, 0.3) is 0 Å². The van der Waals surface area contributed by atoms with Gasteiger partial charge in [-0.3, -0.25) is 0 Å². The van der Waals surface area contributed by atoms with E-state index in [1.807, 2.05) is 24.3 Å². The Kier molecular flexibility index (Phi) is 6.82. The summed E-state index contributed by atoms with van der Waals surface area (Å²) in [7, 11) is 0. The maximum absolute atomic E-state index is 6.20. The highest BCUT2D eigenvalue weighted by Crippen LogP contribution is 2.29. The number of rotatable bonds is 6. The molecule has 0 fully saturated rings. The fourth-order valence-corrected chi connectivity index (χ4v) is 2.87. The van der Waals surface area contributed by atoms with Crippen LogP contribution in [0.5, 0.6) is 0 Å². The molecule has 96 valence electrons. The van der Waals surface area contributed by atoms with E-state index in [4.69, 9.17) is 16.3 Å². The highest BCUT2D eigenvalue weighted by Gasteiger charge is 2.17. The average molecular weight is 367 g/mol. The first-order chi connectivity index (χ1) is 8.04. The van der Waals surface area contributed by atoms with E-state index in [9.17, 15) is 0 Å². The van der Waals surface area contributed by atoms with Gasteiger partial charge >= 0.3 is 0 Å². The van der Waals surface area contributed by atoms with Crippen LogP contribution in [0, 0.1) is 5.92 Å². The summed E-state index contributed by atoms with van der Waals surface area (Å²) in [6, 6.07) is 7.94. The molecule has 0 heterocycles. The predicted molar refractivity (Wildman–Crippen MR) is 83.1 cm³/mol. The lowest BCUT2D eigenvalue weighted by Crippen LogP contribution is -2.17. The molecule has 0 aliphatic heterocycles. The summed E-state index contributed by atoms with van der Waals surface area (Å²) in [6.07, 6.45) is 1.45. The SMILES string of the molecule is CC(C)CC(C)OC(CI)c1ccccc1Cl. The second kappa shape index (κ2) is 7.59. The van der Waals surface area contributed by atoms with Crippen LogP contribution in [0.1, 0.15) is 38.9 Å². The van der Waals surface area contributed by atoms with Crippen LogP contribution in [0.15, 0.2) is 24.3 Å². The van der Waals surface area contributed by atoms with Crippen LogP contribution in [0.4, 0.5) is 0 Å². The van der Waals surface area contributed by atoms with E-state index in [1.165, 1.54) is 0 Å². The number of hydrogen-bond acceptors (Lipinski definition) is 1. The molecule has 2 atom stereocenters. The van der Waals surface area contributed by atoms with Crippen molar-refractivity contribution in [2.45, 2.75) is 39.4 Å². The molecule has 1 rings (SSSR count). The molecule has 0 aromatic heterocycles. The Hall–Kier alpha value is 0.200. The second-order valence-electron chi connectivity index (χ2n) is 4.74. The van der Waals surface area contributed by atoms with Gasteiger partial charge in [0.1, 0.15) is 0 Å². The van der Waals surface area contributed by atoms with Crippen molar-refractivity contribution in [3.05, 3.63) is 34.9 Å². The monoisotopic (exact) mass is 366 g/mol. The van der Waals surface area contributed by atoms with Gasteiger partial charge in [-0.15, -0.1) is 0 Å². The van der Waals surface area contributed by atoms with E-state index in [-0.39, 0.29) is 12.2 Å². The number of hydrogen-bond donors (Lipinski definition) is 0. The topological polar surface area (TPSA) is 9.23 Å². The Bertz CT molecular complexity index is 341. The van der Waals surface area contributed by atoms with E-state index in [1.54, 1.807) is 0 Å². The van der Waals surface area contributed by atoms with Crippen LogP contribution >= 0.6 is 34.2 Å². The van der Waals surface area contributed by atoms with Crippen LogP contribution in [0.3, 0.4) is 0 Å². The van der Waals surface area contributed by atoms with Gasteiger partial charge < -0.3 is 4.74 Å². The van der Waals surface area contributed by atoms with Crippen molar-refractivity contribution in [3.8, 4) is 0 Å². The summed E-state index contributed by atoms with van der Waals surface area (Å²) >= 11 is 8.56. The minimum Gasteiger partial charge on any atom is -0.370 e. The van der Waals surface area contributed by atoms with Gasteiger partial charge in [-0.05, 0) is 25.3 Å². The molecular weight excluding hydrogens is 347 g/mol. The molecule has 0 radical (unpaired) electrons. The minimum absolute atomic E-state index is 0.0954. The summed E-state index contributed by atoms with van der Waals surface area (Å²) in [5, 5.41) is 0.797. The summed E-state index contributed by atoms with van der Waals surface area (Å²) in [5.74, 6) is 0.658. The van der Waals surface area contributed by atoms with Crippen LogP contribution in [-0.2, 0) is 4.74 Å². The van der Waals surface area contributed by atoms with Crippen LogP contribution in [0.25, 0.3) is 0 Å². The second-order valence-corrected chi connectivity index (χ2v) is 6.03. The molecule has 0 saturated heterocycles. The van der Waals surface area contributed by atoms with Crippen LogP contribution in [0.2, 0.25) is 5.02 Å².